The van der Waals surface area contributed by atoms with Crippen LogP contribution in [0.3, 0.4) is 0 Å². The zero-order chi connectivity index (χ0) is 19.0. The topological polar surface area (TPSA) is 77.4 Å². The van der Waals surface area contributed by atoms with Crippen molar-refractivity contribution in [3.8, 4) is 0 Å². The summed E-state index contributed by atoms with van der Waals surface area (Å²) in [4.78, 5) is 0. The van der Waals surface area contributed by atoms with Crippen LogP contribution in [0, 0.1) is 0 Å². The Kier molecular flexibility index (Phi) is 6.99. The quantitative estimate of drug-likeness (QED) is 0.411. The van der Waals surface area contributed by atoms with Gasteiger partial charge in [-0.15, -0.1) is 0 Å². The summed E-state index contributed by atoms with van der Waals surface area (Å²) in [6.45, 7) is 28.6. The molecule has 0 aliphatic carbocycles. The summed E-state index contributed by atoms with van der Waals surface area (Å²) in [5.41, 5.74) is 0.812. The van der Waals surface area contributed by atoms with E-state index < -0.39 is 10.4 Å². The highest BCUT2D eigenvalue weighted by atomic mass is 32.3. The third-order valence-corrected chi connectivity index (χ3v) is 4.02. The Labute approximate surface area is 138 Å². The summed E-state index contributed by atoms with van der Waals surface area (Å²) in [6, 6.07) is 0. The zero-order valence-electron chi connectivity index (χ0n) is 16.5. The molecule has 0 unspecified atom stereocenters. The van der Waals surface area contributed by atoms with Crippen LogP contribution in [0.5, 0.6) is 0 Å². The summed E-state index contributed by atoms with van der Waals surface area (Å²) >= 11 is 0. The van der Waals surface area contributed by atoms with Crippen molar-refractivity contribution in [2.75, 3.05) is 0 Å². The summed E-state index contributed by atoms with van der Waals surface area (Å²) in [7, 11) is -4.92. The SMILES string of the molecule is CC(C)(C)[N+](C(C)(C)C)(C(C)(C)C)C(C)(C)C.O=S(=O)([O-])O. The van der Waals surface area contributed by atoms with Crippen molar-refractivity contribution in [2.45, 2.75) is 105 Å². The van der Waals surface area contributed by atoms with Crippen LogP contribution in [-0.2, 0) is 10.4 Å². The van der Waals surface area contributed by atoms with Gasteiger partial charge < -0.3 is 9.04 Å². The lowest BCUT2D eigenvalue weighted by Gasteiger charge is -2.70. The van der Waals surface area contributed by atoms with Crippen molar-refractivity contribution in [2.24, 2.45) is 0 Å². The van der Waals surface area contributed by atoms with Crippen LogP contribution in [0.1, 0.15) is 83.1 Å². The first-order valence-corrected chi connectivity index (χ1v) is 8.94. The lowest BCUT2D eigenvalue weighted by Crippen LogP contribution is -2.82. The zero-order valence-corrected chi connectivity index (χ0v) is 17.3. The van der Waals surface area contributed by atoms with Gasteiger partial charge >= 0.3 is 0 Å². The first-order chi connectivity index (χ1) is 9.00. The van der Waals surface area contributed by atoms with E-state index in [2.05, 4.69) is 83.1 Å². The largest absolute Gasteiger partial charge is 0.726 e. The third kappa shape index (κ3) is 5.48. The lowest BCUT2D eigenvalue weighted by molar-refractivity contribution is -1.08. The van der Waals surface area contributed by atoms with E-state index in [1.165, 1.54) is 0 Å². The summed E-state index contributed by atoms with van der Waals surface area (Å²) in [5, 5.41) is 0. The number of nitrogens with zero attached hydrogens (tertiary/aromatic N) is 1. The van der Waals surface area contributed by atoms with Gasteiger partial charge in [0.2, 0.25) is 10.4 Å². The molecule has 0 bridgehead atoms. The van der Waals surface area contributed by atoms with Gasteiger partial charge in [-0.2, -0.15) is 0 Å². The summed E-state index contributed by atoms with van der Waals surface area (Å²) in [6.07, 6.45) is 0. The maximum Gasteiger partial charge on any atom is 0.215 e. The molecule has 0 saturated heterocycles. The van der Waals surface area contributed by atoms with Crippen molar-refractivity contribution in [1.82, 2.24) is 0 Å². The number of rotatable bonds is 0. The lowest BCUT2D eigenvalue weighted by atomic mass is 9.75. The summed E-state index contributed by atoms with van der Waals surface area (Å²) < 4.78 is 33.9. The Bertz CT molecular complexity index is 385. The van der Waals surface area contributed by atoms with Crippen LogP contribution in [0.15, 0.2) is 0 Å². The Hall–Kier alpha value is -0.170. The molecule has 22 heavy (non-hydrogen) atoms. The molecule has 1 N–H and O–H groups in total. The maximum atomic E-state index is 8.63. The highest BCUT2D eigenvalue weighted by Gasteiger charge is 2.62. The molecular weight excluding hydrogens is 302 g/mol. The average molecular weight is 340 g/mol. The molecule has 0 heterocycles. The second-order valence-electron chi connectivity index (χ2n) is 9.78. The van der Waals surface area contributed by atoms with Crippen LogP contribution in [0.2, 0.25) is 0 Å². The van der Waals surface area contributed by atoms with E-state index in [0.29, 0.717) is 0 Å². The monoisotopic (exact) mass is 339 g/mol. The van der Waals surface area contributed by atoms with E-state index in [1.807, 2.05) is 0 Å². The number of hydrogen-bond donors (Lipinski definition) is 1. The molecule has 0 atom stereocenters. The fraction of sp³-hybridized carbons (Fsp3) is 1.00. The van der Waals surface area contributed by atoms with Crippen molar-refractivity contribution in [1.29, 1.82) is 0 Å². The molecule has 6 heteroatoms. The first-order valence-electron chi connectivity index (χ1n) is 7.58. The summed E-state index contributed by atoms with van der Waals surface area (Å²) in [5.74, 6) is 0. The standard InChI is InChI=1S/C16H36N.H2O4S/c1-13(2,3)17(14(4,5)6,15(7,8)9)16(10,11)12;1-5(2,3)4/h1-12H3;(H2,1,2,3,4)/q+1;/p-1. The fourth-order valence-corrected chi connectivity index (χ4v) is 6.04. The molecule has 0 fully saturated rings. The predicted molar refractivity (Wildman–Crippen MR) is 91.6 cm³/mol. The minimum Gasteiger partial charge on any atom is -0.726 e. The van der Waals surface area contributed by atoms with Gasteiger partial charge in [-0.1, -0.05) is 0 Å². The van der Waals surface area contributed by atoms with Gasteiger partial charge in [0.05, 0.1) is 22.2 Å². The van der Waals surface area contributed by atoms with Crippen molar-refractivity contribution in [3.63, 3.8) is 0 Å². The maximum absolute atomic E-state index is 8.63. The number of quaternary nitrogens is 1. The predicted octanol–water partition coefficient (Wildman–Crippen LogP) is 4.00. The second kappa shape index (κ2) is 6.38. The fourth-order valence-electron chi connectivity index (χ4n) is 6.04. The van der Waals surface area contributed by atoms with E-state index in [-0.39, 0.29) is 22.2 Å². The van der Waals surface area contributed by atoms with E-state index in [0.717, 1.165) is 4.48 Å². The van der Waals surface area contributed by atoms with Crippen LogP contribution in [0.25, 0.3) is 0 Å². The van der Waals surface area contributed by atoms with Gasteiger partial charge in [0.25, 0.3) is 0 Å². The normalized spacial score (nSPS) is 15.2. The van der Waals surface area contributed by atoms with Gasteiger partial charge in [-0.05, 0) is 83.1 Å². The van der Waals surface area contributed by atoms with Gasteiger partial charge in [-0.25, -0.2) is 8.42 Å². The molecule has 0 radical (unpaired) electrons. The van der Waals surface area contributed by atoms with Crippen LogP contribution < -0.4 is 0 Å². The average Bonchev–Trinajstić information content (AvgIpc) is 1.83. The van der Waals surface area contributed by atoms with Crippen molar-refractivity contribution >= 4 is 10.4 Å². The van der Waals surface area contributed by atoms with E-state index in [4.69, 9.17) is 17.5 Å². The molecule has 0 aromatic heterocycles. The van der Waals surface area contributed by atoms with E-state index >= 15 is 0 Å². The van der Waals surface area contributed by atoms with Crippen LogP contribution in [0.4, 0.5) is 0 Å². The van der Waals surface area contributed by atoms with E-state index in [9.17, 15) is 0 Å². The molecule has 5 nitrogen and oxygen atoms in total. The van der Waals surface area contributed by atoms with Crippen LogP contribution >= 0.6 is 0 Å². The second-order valence-corrected chi connectivity index (χ2v) is 10.6. The van der Waals surface area contributed by atoms with Gasteiger partial charge in [0.1, 0.15) is 0 Å². The Morgan fingerprint density at radius 2 is 0.727 bits per heavy atom. The number of hydrogen-bond acceptors (Lipinski definition) is 3. The molecule has 0 aromatic carbocycles. The highest BCUT2D eigenvalue weighted by molar-refractivity contribution is 7.79. The Balaban J connectivity index is 0. The molecule has 0 aromatic rings. The van der Waals surface area contributed by atoms with Gasteiger partial charge in [0.15, 0.2) is 0 Å². The molecule has 0 spiro atoms. The molecule has 0 aliphatic heterocycles. The van der Waals surface area contributed by atoms with Crippen molar-refractivity contribution < 1.29 is 22.0 Å². The van der Waals surface area contributed by atoms with E-state index in [1.54, 1.807) is 0 Å². The third-order valence-electron chi connectivity index (χ3n) is 4.02. The molecule has 136 valence electrons. The molecule has 0 rings (SSSR count). The molecule has 0 amide bonds. The highest BCUT2D eigenvalue weighted by Crippen LogP contribution is 2.50. The minimum atomic E-state index is -4.92. The smallest absolute Gasteiger partial charge is 0.215 e. The Morgan fingerprint density at radius 3 is 0.727 bits per heavy atom. The Morgan fingerprint density at radius 1 is 0.636 bits per heavy atom. The van der Waals surface area contributed by atoms with Gasteiger partial charge in [-0.3, -0.25) is 4.55 Å². The minimum absolute atomic E-state index is 0.203. The first kappa shape index (κ1) is 24.1. The molecule has 0 aliphatic rings. The molecule has 0 saturated carbocycles. The van der Waals surface area contributed by atoms with Crippen LogP contribution in [-0.4, -0.2) is 44.2 Å². The van der Waals surface area contributed by atoms with Crippen molar-refractivity contribution in [3.05, 3.63) is 0 Å². The van der Waals surface area contributed by atoms with Gasteiger partial charge in [0, 0.05) is 0 Å². The molecular formula is C16H37NO4S.